The number of anilines is 9. The molecule has 112 heavy (non-hydrogen) atoms. The number of carbonyl (C=O) groups excluding carboxylic acids is 6. The average Bonchev–Trinajstić information content (AvgIpc) is 0.779. The molecule has 13 rings (SSSR count). The van der Waals surface area contributed by atoms with Gasteiger partial charge in [-0.05, 0) is 132 Å². The lowest BCUT2D eigenvalue weighted by Crippen LogP contribution is -2.63. The van der Waals surface area contributed by atoms with Gasteiger partial charge in [-0.3, -0.25) is 28.8 Å². The standard InChI is InChI=1S/C28H36ClF3N8O2.C23H27F4N7O2.C22H27ClFN7O2.CH4/c1-28(31,32)17-12-18(29)14-19(13-17)36-21-4-3-6-40(27(21)42)22-15-39(25-23(30)24(33)34-16-35-25)7-5-20(22)26(41)38-10-8-37(2)9-11-38;1-23(26,27)12-7-13(24)9-14(8-12)32-16-3-2-5-34(22(16)36)17-10-33(6-4-15(17)20(29)35)21-18(25)19(28)30-11-31-21;1-12-7-13(23)9-14(8-12)29-16-3-2-5-31(22(16)33)17-10-30(6-4-15(17)20(26)32)21-18(24)19(25)27-11-28-21;/h12-14,16,20-22,36H,3-11,15H2,1-2H3,(H2,33,34,35);7-9,11,15-17,32H,2-6,10H2,1H3,(H2,29,35)(H2,28,30,31);7-9,11,15-17,29H,2-6,10H2,1H3,(H2,26,32)(H2,25,27,28);1H4/t20-,21+,22-;2*15-,16+,17-;/m000./s1. The van der Waals surface area contributed by atoms with E-state index in [9.17, 15) is 63.9 Å². The molecule has 0 saturated carbocycles. The van der Waals surface area contributed by atoms with Crippen molar-refractivity contribution in [2.45, 2.75) is 134 Å². The molecule has 0 aliphatic carbocycles. The number of benzene rings is 3. The van der Waals surface area contributed by atoms with Gasteiger partial charge in [0.05, 0.1) is 35.9 Å². The number of amides is 6. The summed E-state index contributed by atoms with van der Waals surface area (Å²) in [4.78, 5) is 116. The minimum absolute atomic E-state index is 0. The van der Waals surface area contributed by atoms with Crippen LogP contribution in [0.25, 0.3) is 0 Å². The number of likely N-dealkylation sites (tertiary alicyclic amines) is 3. The molecule has 606 valence electrons. The molecule has 6 amide bonds. The number of nitrogens with one attached hydrogen (secondary N) is 3. The Morgan fingerprint density at radius 1 is 0.464 bits per heavy atom. The van der Waals surface area contributed by atoms with Crippen LogP contribution in [0.1, 0.15) is 95.8 Å². The summed E-state index contributed by atoms with van der Waals surface area (Å²) in [5, 5.41) is 9.96. The van der Waals surface area contributed by atoms with Crippen LogP contribution < -0.4 is 59.3 Å². The van der Waals surface area contributed by atoms with Gasteiger partial charge in [0.2, 0.25) is 52.9 Å². The van der Waals surface area contributed by atoms with Gasteiger partial charge in [0, 0.05) is 137 Å². The van der Waals surface area contributed by atoms with Crippen LogP contribution >= 0.6 is 23.2 Å². The first kappa shape index (κ1) is 84.4. The number of nitrogens with zero attached hydrogens (tertiary/aromatic N) is 14. The van der Waals surface area contributed by atoms with E-state index in [-0.39, 0.29) is 109 Å². The van der Waals surface area contributed by atoms with Gasteiger partial charge in [0.25, 0.3) is 11.8 Å². The summed E-state index contributed by atoms with van der Waals surface area (Å²) >= 11 is 12.3. The quantitative estimate of drug-likeness (QED) is 0.0403. The first-order valence-corrected chi connectivity index (χ1v) is 37.3. The third kappa shape index (κ3) is 19.7. The van der Waals surface area contributed by atoms with E-state index in [2.05, 4.69) is 50.8 Å². The fourth-order valence-electron chi connectivity index (χ4n) is 15.7. The molecule has 7 aliphatic rings. The number of hydrogen-bond acceptors (Lipinski definition) is 22. The van der Waals surface area contributed by atoms with Crippen molar-refractivity contribution in [1.82, 2.24) is 54.4 Å². The van der Waals surface area contributed by atoms with Crippen molar-refractivity contribution in [3.8, 4) is 0 Å². The Labute approximate surface area is 652 Å². The first-order chi connectivity index (χ1) is 52.6. The van der Waals surface area contributed by atoms with Crippen molar-refractivity contribution >= 4 is 111 Å². The van der Waals surface area contributed by atoms with Gasteiger partial charge in [-0.25, -0.2) is 51.9 Å². The predicted molar refractivity (Wildman–Crippen MR) is 409 cm³/mol. The highest BCUT2D eigenvalue weighted by atomic mass is 35.5. The maximum atomic E-state index is 14.9. The minimum atomic E-state index is -3.26. The van der Waals surface area contributed by atoms with Gasteiger partial charge >= 0.3 is 0 Å². The molecule has 6 aromatic rings. The number of aromatic nitrogens is 6. The number of primary amides is 2. The molecule has 7 saturated heterocycles. The molecule has 28 nitrogen and oxygen atoms in total. The fraction of sp³-hybridized carbons (Fsp3) is 0.514. The molecule has 9 atom stereocenters. The molecule has 0 radical (unpaired) electrons. The largest absolute Gasteiger partial charge is 0.381 e. The van der Waals surface area contributed by atoms with Crippen molar-refractivity contribution in [3.05, 3.63) is 124 Å². The number of carbonyl (C=O) groups is 6. The zero-order chi connectivity index (χ0) is 80.1. The second kappa shape index (κ2) is 35.7. The Morgan fingerprint density at radius 3 is 1.19 bits per heavy atom. The highest BCUT2D eigenvalue weighted by Crippen LogP contribution is 2.39. The lowest BCUT2D eigenvalue weighted by molar-refractivity contribution is -0.146. The lowest BCUT2D eigenvalue weighted by atomic mass is 9.86. The number of aryl methyl sites for hydroxylation is 1. The van der Waals surface area contributed by atoms with Gasteiger partial charge in [0.15, 0.2) is 34.9 Å². The Kier molecular flexibility index (Phi) is 26.9. The first-order valence-electron chi connectivity index (χ1n) is 36.6. The Bertz CT molecular complexity index is 4390. The maximum Gasteiger partial charge on any atom is 0.270 e. The van der Waals surface area contributed by atoms with Gasteiger partial charge < -0.3 is 83.8 Å². The number of likely N-dealkylation sites (N-methyl/N-ethyl adjacent to an activating group) is 1. The monoisotopic (exact) mass is 1610 g/mol. The number of alkyl halides is 4. The zero-order valence-electron chi connectivity index (χ0n) is 61.6. The third-order valence-corrected chi connectivity index (χ3v) is 21.8. The second-order valence-corrected chi connectivity index (χ2v) is 30.1. The summed E-state index contributed by atoms with van der Waals surface area (Å²) in [6, 6.07) is 8.66. The van der Waals surface area contributed by atoms with E-state index >= 15 is 0 Å². The highest BCUT2D eigenvalue weighted by Gasteiger charge is 2.48. The molecule has 10 heterocycles. The van der Waals surface area contributed by atoms with E-state index in [4.69, 9.17) is 51.9 Å². The van der Waals surface area contributed by atoms with Crippen LogP contribution in [-0.2, 0) is 40.6 Å². The van der Waals surface area contributed by atoms with Crippen LogP contribution in [0.5, 0.6) is 0 Å². The molecule has 0 spiro atoms. The summed E-state index contributed by atoms with van der Waals surface area (Å²) in [6.45, 7) is 8.74. The van der Waals surface area contributed by atoms with Crippen LogP contribution in [0.2, 0.25) is 10.0 Å². The molecule has 0 bridgehead atoms. The second-order valence-electron chi connectivity index (χ2n) is 29.2. The number of nitrogens with two attached hydrogens (primary N) is 5. The summed E-state index contributed by atoms with van der Waals surface area (Å²) < 4.78 is 114. The SMILES string of the molecule is C.CC(F)(F)c1cc(F)cc(N[C@@H]2CCCN([C@H]3CN(c4ncnc(N)c4F)CC[C@@H]3C(N)=O)C2=O)c1.CN1CCN(C(=O)[C@H]2CCN(c3ncnc(N)c3F)C[C@@H]2N2CCC[C@@H](Nc3cc(Cl)cc(C(C)(F)F)c3)C2=O)CC1.Cc1cc(Cl)cc(N[C@@H]2CCCN([C@H]3CN(c4ncnc(N)c4F)CC[C@@H]3C(N)=O)C2=O)c1. The third-order valence-electron chi connectivity index (χ3n) is 21.4. The van der Waals surface area contributed by atoms with E-state index in [0.717, 1.165) is 62.2 Å². The van der Waals surface area contributed by atoms with Crippen LogP contribution in [0.4, 0.5) is 87.1 Å². The molecule has 0 unspecified atom stereocenters. The summed E-state index contributed by atoms with van der Waals surface area (Å²) in [5.74, 6) is -13.9. The smallest absolute Gasteiger partial charge is 0.270 e. The number of nitrogen functional groups attached to an aromatic ring is 3. The fourth-order valence-corrected chi connectivity index (χ4v) is 16.2. The Hall–Kier alpha value is -10.1. The van der Waals surface area contributed by atoms with E-state index in [1.807, 2.05) is 31.0 Å². The van der Waals surface area contributed by atoms with E-state index in [1.165, 1.54) is 35.8 Å². The van der Waals surface area contributed by atoms with E-state index < -0.39 is 112 Å². The molecule has 7 aliphatic heterocycles. The van der Waals surface area contributed by atoms with Crippen molar-refractivity contribution in [2.75, 3.05) is 140 Å². The van der Waals surface area contributed by atoms with Gasteiger partial charge in [-0.1, -0.05) is 30.6 Å². The molecular weight excluding hydrogens is 1520 g/mol. The summed E-state index contributed by atoms with van der Waals surface area (Å²) in [6.07, 6.45) is 7.94. The van der Waals surface area contributed by atoms with E-state index in [0.29, 0.717) is 108 Å². The van der Waals surface area contributed by atoms with Crippen molar-refractivity contribution < 1.29 is 63.9 Å². The summed E-state index contributed by atoms with van der Waals surface area (Å²) in [7, 11) is 2.01. The lowest BCUT2D eigenvalue weighted by Gasteiger charge is -2.47. The van der Waals surface area contributed by atoms with Crippen molar-refractivity contribution in [3.63, 3.8) is 0 Å². The molecule has 7 fully saturated rings. The molecule has 13 N–H and O–H groups in total. The normalized spacial score (nSPS) is 23.4. The van der Waals surface area contributed by atoms with Crippen LogP contribution in [-0.4, -0.2) is 218 Å². The zero-order valence-corrected chi connectivity index (χ0v) is 63.1. The van der Waals surface area contributed by atoms with E-state index in [1.54, 1.807) is 30.6 Å². The van der Waals surface area contributed by atoms with Crippen molar-refractivity contribution in [2.24, 2.45) is 29.2 Å². The minimum Gasteiger partial charge on any atom is -0.381 e. The maximum absolute atomic E-state index is 14.9. The van der Waals surface area contributed by atoms with Gasteiger partial charge in [-0.2, -0.15) is 13.2 Å². The van der Waals surface area contributed by atoms with Gasteiger partial charge in [0.1, 0.15) is 42.9 Å². The van der Waals surface area contributed by atoms with Crippen LogP contribution in [0.3, 0.4) is 0 Å². The topological polar surface area (TPSA) is 372 Å². The van der Waals surface area contributed by atoms with Crippen molar-refractivity contribution in [1.29, 1.82) is 0 Å². The highest BCUT2D eigenvalue weighted by molar-refractivity contribution is 6.31. The number of piperazine rings is 1. The molecule has 3 aromatic heterocycles. The predicted octanol–water partition coefficient (Wildman–Crippen LogP) is 7.85. The molecular formula is C74H94Cl2F8N22O6. The molecule has 3 aromatic carbocycles. The summed E-state index contributed by atoms with van der Waals surface area (Å²) in [5.41, 5.74) is 29.5. The van der Waals surface area contributed by atoms with Crippen LogP contribution in [0, 0.1) is 47.9 Å². The van der Waals surface area contributed by atoms with Crippen LogP contribution in [0.15, 0.2) is 73.6 Å². The number of piperidine rings is 6. The number of hydrogen-bond donors (Lipinski definition) is 8. The number of rotatable bonds is 17. The number of halogens is 10. The van der Waals surface area contributed by atoms with Gasteiger partial charge in [-0.15, -0.1) is 0 Å². The molecule has 38 heteroatoms. The Morgan fingerprint density at radius 2 is 0.812 bits per heavy atom. The average molecular weight is 1610 g/mol. The Balaban J connectivity index is 0.000000179.